The molecule has 0 radical (unpaired) electrons. The van der Waals surface area contributed by atoms with Crippen molar-refractivity contribution in [3.8, 4) is 11.1 Å². The zero-order valence-corrected chi connectivity index (χ0v) is 23.4. The van der Waals surface area contributed by atoms with Gasteiger partial charge in [-0.05, 0) is 80.6 Å². The zero-order chi connectivity index (χ0) is 26.9. The summed E-state index contributed by atoms with van der Waals surface area (Å²) in [5.41, 5.74) is 2.94. The first-order chi connectivity index (χ1) is 18.4. The van der Waals surface area contributed by atoms with E-state index >= 15 is 0 Å². The molecule has 6 aromatic carbocycles. The van der Waals surface area contributed by atoms with E-state index in [1.807, 2.05) is 78.9 Å². The van der Waals surface area contributed by atoms with Crippen LogP contribution in [0.3, 0.4) is 0 Å². The first-order valence-corrected chi connectivity index (χ1v) is 13.4. The molecule has 0 fully saturated rings. The lowest BCUT2D eigenvalue weighted by Crippen LogP contribution is -2.29. The fourth-order valence-corrected chi connectivity index (χ4v) is 4.33. The van der Waals surface area contributed by atoms with Crippen LogP contribution in [-0.2, 0) is 0 Å². The highest BCUT2D eigenvalue weighted by Gasteiger charge is 2.10. The Morgan fingerprint density at radius 1 is 0.487 bits per heavy atom. The Hall–Kier alpha value is -3.12. The second-order valence-corrected chi connectivity index (χ2v) is 10.3. The summed E-state index contributed by atoms with van der Waals surface area (Å²) in [6.07, 6.45) is 0. The molecule has 0 spiro atoms. The molecule has 39 heavy (non-hydrogen) atoms. The van der Waals surface area contributed by atoms with Gasteiger partial charge in [0.15, 0.2) is 0 Å². The van der Waals surface area contributed by atoms with Crippen molar-refractivity contribution >= 4 is 73.3 Å². The van der Waals surface area contributed by atoms with Gasteiger partial charge in [-0.15, -0.1) is 0 Å². The van der Waals surface area contributed by atoms with Crippen LogP contribution in [-0.4, -0.2) is 17.2 Å². The Labute approximate surface area is 248 Å². The van der Waals surface area contributed by atoms with Crippen molar-refractivity contribution in [1.82, 2.24) is 0 Å². The second-order valence-electron chi connectivity index (χ2n) is 8.49. The molecule has 0 bridgehead atoms. The third-order valence-corrected chi connectivity index (χ3v) is 6.83. The molecule has 6 aromatic rings. The summed E-state index contributed by atoms with van der Waals surface area (Å²) < 4.78 is 1.06. The van der Waals surface area contributed by atoms with E-state index in [9.17, 15) is 0 Å². The topological polar surface area (TPSA) is 40.5 Å². The summed E-state index contributed by atoms with van der Waals surface area (Å²) in [7, 11) is -1.38. The summed E-state index contributed by atoms with van der Waals surface area (Å²) in [5, 5.41) is 24.1. The Balaban J connectivity index is 0.000000170. The lowest BCUT2D eigenvalue weighted by Gasteiger charge is -2.04. The van der Waals surface area contributed by atoms with Crippen LogP contribution in [0.25, 0.3) is 32.7 Å². The van der Waals surface area contributed by atoms with Crippen LogP contribution >= 0.6 is 39.1 Å². The number of halogens is 3. The van der Waals surface area contributed by atoms with E-state index in [4.69, 9.17) is 33.2 Å². The van der Waals surface area contributed by atoms with Crippen molar-refractivity contribution in [1.29, 1.82) is 0 Å². The lowest BCUT2D eigenvalue weighted by atomic mass is 9.79. The molecule has 6 heteroatoms. The van der Waals surface area contributed by atoms with E-state index in [1.54, 1.807) is 12.1 Å². The average Bonchev–Trinajstić information content (AvgIpc) is 2.95. The quantitative estimate of drug-likeness (QED) is 0.190. The van der Waals surface area contributed by atoms with Gasteiger partial charge in [0.2, 0.25) is 0 Å². The van der Waals surface area contributed by atoms with Gasteiger partial charge in [-0.2, -0.15) is 0 Å². The summed E-state index contributed by atoms with van der Waals surface area (Å²) >= 11 is 14.8. The van der Waals surface area contributed by atoms with Crippen molar-refractivity contribution in [2.75, 3.05) is 0 Å². The maximum absolute atomic E-state index is 8.94. The molecule has 2 nitrogen and oxygen atoms in total. The molecule has 6 rings (SSSR count). The van der Waals surface area contributed by atoms with Crippen LogP contribution in [0.1, 0.15) is 7.43 Å². The first kappa shape index (κ1) is 30.4. The van der Waals surface area contributed by atoms with Crippen LogP contribution in [0.2, 0.25) is 10.0 Å². The highest BCUT2D eigenvalue weighted by Crippen LogP contribution is 2.25. The zero-order valence-electron chi connectivity index (χ0n) is 20.3. The molecule has 0 atom stereocenters. The molecule has 0 saturated heterocycles. The van der Waals surface area contributed by atoms with Crippen LogP contribution < -0.4 is 5.46 Å². The minimum Gasteiger partial charge on any atom is -0.423 e. The Bertz CT molecular complexity index is 1600. The minimum atomic E-state index is -1.38. The number of benzene rings is 6. The van der Waals surface area contributed by atoms with Gasteiger partial charge >= 0.3 is 7.12 Å². The molecule has 0 aliphatic heterocycles. The van der Waals surface area contributed by atoms with Crippen LogP contribution in [0.5, 0.6) is 0 Å². The van der Waals surface area contributed by atoms with Crippen LogP contribution in [0, 0.1) is 0 Å². The minimum absolute atomic E-state index is 0. The highest BCUT2D eigenvalue weighted by molar-refractivity contribution is 9.10. The Morgan fingerprint density at radius 3 is 1.44 bits per heavy atom. The molecule has 0 unspecified atom stereocenters. The molecular weight excluding hydrogens is 590 g/mol. The molecule has 0 heterocycles. The summed E-state index contributed by atoms with van der Waals surface area (Å²) in [6, 6.07) is 43.5. The van der Waals surface area contributed by atoms with Crippen molar-refractivity contribution < 1.29 is 10.0 Å². The third kappa shape index (κ3) is 8.96. The van der Waals surface area contributed by atoms with Crippen LogP contribution in [0.15, 0.2) is 138 Å². The first-order valence-electron chi connectivity index (χ1n) is 11.9. The number of rotatable bonds is 2. The maximum atomic E-state index is 8.94. The van der Waals surface area contributed by atoms with Gasteiger partial charge in [0.05, 0.1) is 0 Å². The number of fused-ring (bicyclic) bond motifs is 2. The Morgan fingerprint density at radius 2 is 0.923 bits per heavy atom. The van der Waals surface area contributed by atoms with Crippen LogP contribution in [0.4, 0.5) is 0 Å². The van der Waals surface area contributed by atoms with E-state index < -0.39 is 7.12 Å². The SMILES string of the molecule is C.Clc1ccc(-c2ccc3ccccc3c2)cc1.Clc1ccc(Br)cc1.OB(O)c1ccc2ccccc2c1. The fraction of sp³-hybridized carbons (Fsp3) is 0.0303. The molecular formula is C33H28BBrCl2O2. The molecule has 196 valence electrons. The fourth-order valence-electron chi connectivity index (χ4n) is 3.81. The summed E-state index contributed by atoms with van der Waals surface area (Å²) in [4.78, 5) is 0. The predicted molar refractivity (Wildman–Crippen MR) is 174 cm³/mol. The van der Waals surface area contributed by atoms with Crippen molar-refractivity contribution in [2.45, 2.75) is 7.43 Å². The monoisotopic (exact) mass is 616 g/mol. The van der Waals surface area contributed by atoms with Gasteiger partial charge in [0, 0.05) is 14.5 Å². The molecule has 0 aromatic heterocycles. The number of hydrogen-bond donors (Lipinski definition) is 2. The largest absolute Gasteiger partial charge is 0.488 e. The van der Waals surface area contributed by atoms with Gasteiger partial charge in [-0.1, -0.05) is 138 Å². The molecule has 0 aliphatic rings. The molecule has 2 N–H and O–H groups in total. The maximum Gasteiger partial charge on any atom is 0.488 e. The average molecular weight is 618 g/mol. The molecule has 0 aliphatic carbocycles. The van der Waals surface area contributed by atoms with E-state index in [2.05, 4.69) is 58.4 Å². The van der Waals surface area contributed by atoms with E-state index in [-0.39, 0.29) is 7.43 Å². The lowest BCUT2D eigenvalue weighted by molar-refractivity contribution is 0.426. The van der Waals surface area contributed by atoms with Crippen molar-refractivity contribution in [2.24, 2.45) is 0 Å². The van der Waals surface area contributed by atoms with Crippen molar-refractivity contribution in [3.63, 3.8) is 0 Å². The highest BCUT2D eigenvalue weighted by atomic mass is 79.9. The predicted octanol–water partition coefficient (Wildman–Crippen LogP) is 9.42. The van der Waals surface area contributed by atoms with E-state index in [0.29, 0.717) is 5.46 Å². The normalized spacial score (nSPS) is 9.97. The Kier molecular flexibility index (Phi) is 11.6. The van der Waals surface area contributed by atoms with Gasteiger partial charge in [-0.25, -0.2) is 0 Å². The van der Waals surface area contributed by atoms with Gasteiger partial charge in [-0.3, -0.25) is 0 Å². The summed E-state index contributed by atoms with van der Waals surface area (Å²) in [5.74, 6) is 0. The van der Waals surface area contributed by atoms with E-state index in [1.165, 1.54) is 21.9 Å². The smallest absolute Gasteiger partial charge is 0.423 e. The van der Waals surface area contributed by atoms with Crippen molar-refractivity contribution in [3.05, 3.63) is 148 Å². The standard InChI is InChI=1S/C16H11Cl.C10H9BO2.C6H4BrCl.CH4/c17-16-9-7-13(8-10-16)15-6-5-12-3-1-2-4-14(12)11-15;12-11(13)10-6-5-8-3-1-2-4-9(8)7-10;7-5-1-3-6(8)4-2-5;/h1-11H;1-7,12-13H;1-4H;1H4. The second kappa shape index (κ2) is 14.9. The molecule has 0 saturated carbocycles. The van der Waals surface area contributed by atoms with Gasteiger partial charge in [0.25, 0.3) is 0 Å². The van der Waals surface area contributed by atoms with E-state index in [0.717, 1.165) is 25.3 Å². The number of hydrogen-bond acceptors (Lipinski definition) is 2. The van der Waals surface area contributed by atoms with Gasteiger partial charge in [0.1, 0.15) is 0 Å². The van der Waals surface area contributed by atoms with Gasteiger partial charge < -0.3 is 10.0 Å². The third-order valence-electron chi connectivity index (χ3n) is 5.80. The molecule has 0 amide bonds. The summed E-state index contributed by atoms with van der Waals surface area (Å²) in [6.45, 7) is 0.